The predicted octanol–water partition coefficient (Wildman–Crippen LogP) is 3.06. The number of hydrogen-bond donors (Lipinski definition) is 3. The van der Waals surface area contributed by atoms with E-state index < -0.39 is 27.6 Å². The number of carbonyl (C=O) groups is 1. The van der Waals surface area contributed by atoms with E-state index in [4.69, 9.17) is 5.73 Å². The maximum atomic E-state index is 13.9. The van der Waals surface area contributed by atoms with Crippen molar-refractivity contribution in [3.8, 4) is 0 Å². The van der Waals surface area contributed by atoms with Gasteiger partial charge in [-0.25, -0.2) is 26.5 Å². The third-order valence-corrected chi connectivity index (χ3v) is 6.38. The second-order valence-corrected chi connectivity index (χ2v) is 9.16. The maximum Gasteiger partial charge on any atom is 0.252 e. The van der Waals surface area contributed by atoms with Gasteiger partial charge >= 0.3 is 0 Å². The van der Waals surface area contributed by atoms with Crippen molar-refractivity contribution >= 4 is 33.1 Å². The summed E-state index contributed by atoms with van der Waals surface area (Å²) in [5, 5.41) is 5.87. The summed E-state index contributed by atoms with van der Waals surface area (Å²) in [5.74, 6) is -1.61. The van der Waals surface area contributed by atoms with Gasteiger partial charge in [-0.2, -0.15) is 0 Å². The Morgan fingerprint density at radius 3 is 2.41 bits per heavy atom. The highest BCUT2D eigenvalue weighted by Crippen LogP contribution is 2.24. The van der Waals surface area contributed by atoms with Crippen molar-refractivity contribution < 1.29 is 22.0 Å². The lowest BCUT2D eigenvalue weighted by Crippen LogP contribution is -2.22. The number of nitrogens with one attached hydrogen (secondary N) is 2. The van der Waals surface area contributed by atoms with E-state index in [1.807, 2.05) is 0 Å². The Bertz CT molecular complexity index is 1250. The second-order valence-electron chi connectivity index (χ2n) is 7.01. The average Bonchev–Trinajstić information content (AvgIpc) is 2.74. The van der Waals surface area contributed by atoms with Crippen molar-refractivity contribution in [1.82, 2.24) is 9.29 Å². The number of nitrogens with zero attached hydrogens (tertiary/aromatic N) is 2. The third kappa shape index (κ3) is 5.18. The van der Waals surface area contributed by atoms with Crippen LogP contribution in [0.1, 0.15) is 15.9 Å². The first kappa shape index (κ1) is 23.1. The molecule has 0 radical (unpaired) electrons. The second kappa shape index (κ2) is 9.28. The number of amides is 1. The average molecular weight is 461 g/mol. The Labute approximate surface area is 184 Å². The summed E-state index contributed by atoms with van der Waals surface area (Å²) < 4.78 is 52.8. The Balaban J connectivity index is 1.82. The zero-order chi connectivity index (χ0) is 23.5. The van der Waals surface area contributed by atoms with Crippen LogP contribution < -0.4 is 16.4 Å². The molecule has 0 unspecified atom stereocenters. The maximum absolute atomic E-state index is 13.9. The minimum Gasteiger partial charge on any atom is -0.380 e. The topological polar surface area (TPSA) is 117 Å². The molecule has 0 fully saturated rings. The monoisotopic (exact) mass is 461 g/mol. The molecule has 0 aliphatic rings. The number of carbonyl (C=O) groups excluding carboxylic acids is 1. The minimum absolute atomic E-state index is 0.0692. The minimum atomic E-state index is -3.56. The fourth-order valence-corrected chi connectivity index (χ4v) is 3.71. The molecule has 3 aromatic rings. The third-order valence-electron chi connectivity index (χ3n) is 4.55. The van der Waals surface area contributed by atoms with Crippen LogP contribution in [0.5, 0.6) is 0 Å². The normalized spacial score (nSPS) is 11.4. The number of aromatic nitrogens is 1. The zero-order valence-electron chi connectivity index (χ0n) is 17.3. The Kier molecular flexibility index (Phi) is 6.70. The van der Waals surface area contributed by atoms with Gasteiger partial charge in [0.1, 0.15) is 17.5 Å². The molecule has 0 spiro atoms. The number of pyridine rings is 1. The number of benzene rings is 2. The van der Waals surface area contributed by atoms with Crippen LogP contribution in [-0.4, -0.2) is 37.7 Å². The van der Waals surface area contributed by atoms with Crippen LogP contribution >= 0.6 is 0 Å². The molecule has 0 atom stereocenters. The molecule has 0 aliphatic carbocycles. The smallest absolute Gasteiger partial charge is 0.252 e. The van der Waals surface area contributed by atoms with Crippen LogP contribution in [0.4, 0.5) is 26.0 Å². The van der Waals surface area contributed by atoms with Crippen molar-refractivity contribution in [2.75, 3.05) is 24.7 Å². The predicted molar refractivity (Wildman–Crippen MR) is 117 cm³/mol. The van der Waals surface area contributed by atoms with Gasteiger partial charge in [-0.15, -0.1) is 0 Å². The number of hydrogen-bond acceptors (Lipinski definition) is 6. The van der Waals surface area contributed by atoms with E-state index in [0.29, 0.717) is 11.5 Å². The Hall–Kier alpha value is -3.57. The van der Waals surface area contributed by atoms with Crippen LogP contribution in [0.2, 0.25) is 0 Å². The largest absolute Gasteiger partial charge is 0.380 e. The molecule has 168 valence electrons. The number of primary amides is 1. The first-order valence-electron chi connectivity index (χ1n) is 9.35. The molecule has 4 N–H and O–H groups in total. The summed E-state index contributed by atoms with van der Waals surface area (Å²) in [6, 6.07) is 10.6. The zero-order valence-corrected chi connectivity index (χ0v) is 18.1. The number of nitrogens with two attached hydrogens (primary N) is 1. The molecule has 11 heteroatoms. The lowest BCUT2D eigenvalue weighted by atomic mass is 10.1. The van der Waals surface area contributed by atoms with Gasteiger partial charge in [0.15, 0.2) is 0 Å². The molecule has 1 heterocycles. The molecule has 32 heavy (non-hydrogen) atoms. The number of sulfonamides is 1. The molecule has 0 saturated heterocycles. The van der Waals surface area contributed by atoms with Crippen molar-refractivity contribution in [3.05, 3.63) is 77.5 Å². The van der Waals surface area contributed by atoms with Crippen molar-refractivity contribution in [3.63, 3.8) is 0 Å². The van der Waals surface area contributed by atoms with Gasteiger partial charge in [-0.3, -0.25) is 4.79 Å². The van der Waals surface area contributed by atoms with Gasteiger partial charge in [-0.1, -0.05) is 0 Å². The molecule has 3 rings (SSSR count). The molecule has 8 nitrogen and oxygen atoms in total. The van der Waals surface area contributed by atoms with Crippen LogP contribution in [0.25, 0.3) is 0 Å². The Morgan fingerprint density at radius 2 is 1.78 bits per heavy atom. The van der Waals surface area contributed by atoms with Gasteiger partial charge in [0.2, 0.25) is 10.0 Å². The molecule has 0 bridgehead atoms. The molecule has 2 aromatic carbocycles. The Morgan fingerprint density at radius 1 is 1.09 bits per heavy atom. The number of halogens is 2. The summed E-state index contributed by atoms with van der Waals surface area (Å²) in [5.41, 5.74) is 6.34. The molecular formula is C21H21F2N5O3S. The summed E-state index contributed by atoms with van der Waals surface area (Å²) in [7, 11) is -0.677. The van der Waals surface area contributed by atoms with Gasteiger partial charge < -0.3 is 16.4 Å². The molecule has 1 amide bonds. The highest BCUT2D eigenvalue weighted by atomic mass is 32.2. The van der Waals surface area contributed by atoms with E-state index in [9.17, 15) is 22.0 Å². The summed E-state index contributed by atoms with van der Waals surface area (Å²) in [6.45, 7) is -0.0928. The number of anilines is 3. The van der Waals surface area contributed by atoms with Crippen LogP contribution in [-0.2, 0) is 16.6 Å². The quantitative estimate of drug-likeness (QED) is 0.475. The lowest BCUT2D eigenvalue weighted by molar-refractivity contribution is 0.100. The van der Waals surface area contributed by atoms with Gasteiger partial charge in [0, 0.05) is 44.2 Å². The van der Waals surface area contributed by atoms with E-state index >= 15 is 0 Å². The van der Waals surface area contributed by atoms with Crippen molar-refractivity contribution in [2.45, 2.75) is 11.4 Å². The van der Waals surface area contributed by atoms with Crippen molar-refractivity contribution in [1.29, 1.82) is 0 Å². The van der Waals surface area contributed by atoms with E-state index in [-0.39, 0.29) is 28.3 Å². The first-order chi connectivity index (χ1) is 15.1. The highest BCUT2D eigenvalue weighted by Gasteiger charge is 2.17. The fourth-order valence-electron chi connectivity index (χ4n) is 2.80. The van der Waals surface area contributed by atoms with E-state index in [1.165, 1.54) is 38.5 Å². The lowest BCUT2D eigenvalue weighted by Gasteiger charge is -2.14. The standard InChI is InChI=1S/C21H21F2N5O3S/c1-28(2)32(30,31)16-6-4-15(5-7-16)27-20-10-19(17(12-26-20)21(24)29)25-11-13-9-14(22)3-8-18(13)23/h3-10,12H,11H2,1-2H3,(H2,24,29)(H2,25,26,27). The summed E-state index contributed by atoms with van der Waals surface area (Å²) in [4.78, 5) is 16.0. The van der Waals surface area contributed by atoms with Gasteiger partial charge in [-0.05, 0) is 42.5 Å². The summed E-state index contributed by atoms with van der Waals surface area (Å²) >= 11 is 0. The molecule has 0 saturated carbocycles. The van der Waals surface area contributed by atoms with Crippen molar-refractivity contribution in [2.24, 2.45) is 5.73 Å². The van der Waals surface area contributed by atoms with Gasteiger partial charge in [0.25, 0.3) is 5.91 Å². The summed E-state index contributed by atoms with van der Waals surface area (Å²) in [6.07, 6.45) is 1.25. The van der Waals surface area contributed by atoms with E-state index in [1.54, 1.807) is 12.1 Å². The van der Waals surface area contributed by atoms with E-state index in [0.717, 1.165) is 22.5 Å². The molecular weight excluding hydrogens is 440 g/mol. The fraction of sp³-hybridized carbons (Fsp3) is 0.143. The number of rotatable bonds is 8. The van der Waals surface area contributed by atoms with Crippen LogP contribution in [0, 0.1) is 11.6 Å². The van der Waals surface area contributed by atoms with Crippen LogP contribution in [0.3, 0.4) is 0 Å². The highest BCUT2D eigenvalue weighted by molar-refractivity contribution is 7.89. The molecule has 0 aliphatic heterocycles. The SMILES string of the molecule is CN(C)S(=O)(=O)c1ccc(Nc2cc(NCc3cc(F)ccc3F)c(C(N)=O)cn2)cc1. The first-order valence-corrected chi connectivity index (χ1v) is 10.8. The molecule has 1 aromatic heterocycles. The van der Waals surface area contributed by atoms with Gasteiger partial charge in [0.05, 0.1) is 16.1 Å². The van der Waals surface area contributed by atoms with E-state index in [2.05, 4.69) is 15.6 Å². The van der Waals surface area contributed by atoms with Crippen LogP contribution in [0.15, 0.2) is 59.6 Å².